The van der Waals surface area contributed by atoms with Gasteiger partial charge in [0, 0.05) is 23.1 Å². The van der Waals surface area contributed by atoms with Crippen LogP contribution in [0.4, 0.5) is 13.2 Å². The molecular formula is C31H30F3NO7. The molecule has 0 saturated heterocycles. The molecule has 0 aliphatic carbocycles. The van der Waals surface area contributed by atoms with Crippen LogP contribution in [0.25, 0.3) is 0 Å². The maximum Gasteiger partial charge on any atom is 0.573 e. The van der Waals surface area contributed by atoms with Crippen LogP contribution < -0.4 is 10.1 Å². The van der Waals surface area contributed by atoms with E-state index < -0.39 is 48.3 Å². The van der Waals surface area contributed by atoms with Crippen molar-refractivity contribution in [2.24, 2.45) is 0 Å². The van der Waals surface area contributed by atoms with Crippen LogP contribution in [0.15, 0.2) is 72.8 Å². The van der Waals surface area contributed by atoms with E-state index in [-0.39, 0.29) is 28.7 Å². The Labute approximate surface area is 240 Å². The Hall–Kier alpha value is -4.51. The minimum absolute atomic E-state index is 0.0874. The zero-order valence-electron chi connectivity index (χ0n) is 23.1. The molecule has 0 heterocycles. The first-order chi connectivity index (χ1) is 19.5. The second-order valence-corrected chi connectivity index (χ2v) is 10.6. The van der Waals surface area contributed by atoms with Crippen LogP contribution in [-0.4, -0.2) is 52.7 Å². The van der Waals surface area contributed by atoms with E-state index in [1.807, 2.05) is 32.9 Å². The van der Waals surface area contributed by atoms with Gasteiger partial charge < -0.3 is 20.3 Å². The predicted octanol–water partition coefficient (Wildman–Crippen LogP) is 5.30. The number of amides is 1. The number of halogens is 3. The Kier molecular flexibility index (Phi) is 9.90. The number of ketones is 2. The quantitative estimate of drug-likeness (QED) is 0.261. The standard InChI is InChI=1S/C31H30F3NO7/c1-30(2,3)22-12-8-19(9-13-22)25(36)16-24(18-10-14-23(15-11-18)42-31(32,33)34)27(38)20-4-6-21(7-5-20)28(39)35-17-26(37)29(40)41/h4-15,24,26,37H,16-17H2,1-3H3,(H,35,39)(H,40,41)/t24?,26-/m1/s1. The number of ether oxygens (including phenoxy) is 1. The Balaban J connectivity index is 1.87. The van der Waals surface area contributed by atoms with E-state index in [1.54, 1.807) is 12.1 Å². The van der Waals surface area contributed by atoms with E-state index in [1.165, 1.54) is 36.4 Å². The van der Waals surface area contributed by atoms with Crippen molar-refractivity contribution in [2.45, 2.75) is 51.0 Å². The third kappa shape index (κ3) is 8.74. The van der Waals surface area contributed by atoms with E-state index in [4.69, 9.17) is 5.11 Å². The van der Waals surface area contributed by atoms with Gasteiger partial charge in [-0.3, -0.25) is 14.4 Å². The van der Waals surface area contributed by atoms with Gasteiger partial charge in [0.15, 0.2) is 17.7 Å². The number of Topliss-reactive ketones (excluding diaryl/α,β-unsaturated/α-hetero) is 2. The van der Waals surface area contributed by atoms with Crippen LogP contribution in [0, 0.1) is 0 Å². The van der Waals surface area contributed by atoms with Crippen molar-refractivity contribution in [3.63, 3.8) is 0 Å². The Bertz CT molecular complexity index is 1430. The first-order valence-electron chi connectivity index (χ1n) is 12.9. The summed E-state index contributed by atoms with van der Waals surface area (Å²) in [6.45, 7) is 5.56. The molecule has 0 saturated carbocycles. The Morgan fingerprint density at radius 3 is 1.83 bits per heavy atom. The molecule has 2 atom stereocenters. The number of aliphatic carboxylic acids is 1. The molecule has 0 fully saturated rings. The molecule has 0 aliphatic heterocycles. The number of carboxylic acids is 1. The van der Waals surface area contributed by atoms with Crippen LogP contribution in [0.1, 0.15) is 75.3 Å². The highest BCUT2D eigenvalue weighted by atomic mass is 19.4. The van der Waals surface area contributed by atoms with Crippen molar-refractivity contribution in [1.29, 1.82) is 0 Å². The van der Waals surface area contributed by atoms with Gasteiger partial charge in [-0.1, -0.05) is 69.3 Å². The van der Waals surface area contributed by atoms with E-state index in [9.17, 15) is 37.5 Å². The Morgan fingerprint density at radius 2 is 1.33 bits per heavy atom. The summed E-state index contributed by atoms with van der Waals surface area (Å²) in [4.78, 5) is 49.9. The summed E-state index contributed by atoms with van der Waals surface area (Å²) in [5.41, 5.74) is 1.75. The first-order valence-corrected chi connectivity index (χ1v) is 12.9. The number of alkyl halides is 3. The lowest BCUT2D eigenvalue weighted by Gasteiger charge is -2.20. The van der Waals surface area contributed by atoms with Crippen LogP contribution in [0.5, 0.6) is 5.75 Å². The fraction of sp³-hybridized carbons (Fsp3) is 0.290. The number of nitrogens with one attached hydrogen (secondary N) is 1. The molecule has 8 nitrogen and oxygen atoms in total. The minimum atomic E-state index is -4.90. The molecule has 11 heteroatoms. The molecule has 0 bridgehead atoms. The average Bonchev–Trinajstić information content (AvgIpc) is 2.93. The van der Waals surface area contributed by atoms with Crippen LogP contribution >= 0.6 is 0 Å². The number of carbonyl (C=O) groups is 4. The number of benzene rings is 3. The van der Waals surface area contributed by atoms with Crippen molar-refractivity contribution in [2.75, 3.05) is 6.54 Å². The first kappa shape index (κ1) is 32.0. The second kappa shape index (κ2) is 13.0. The SMILES string of the molecule is CC(C)(C)c1ccc(C(=O)CC(C(=O)c2ccc(C(=O)NC[C@@H](O)C(=O)O)cc2)c2ccc(OC(F)(F)F)cc2)cc1. The van der Waals surface area contributed by atoms with E-state index in [2.05, 4.69) is 10.1 Å². The fourth-order valence-corrected chi connectivity index (χ4v) is 4.09. The van der Waals surface area contributed by atoms with E-state index >= 15 is 0 Å². The van der Waals surface area contributed by atoms with Crippen molar-refractivity contribution in [1.82, 2.24) is 5.32 Å². The van der Waals surface area contributed by atoms with Gasteiger partial charge in [-0.05, 0) is 40.8 Å². The van der Waals surface area contributed by atoms with Crippen LogP contribution in [-0.2, 0) is 10.2 Å². The molecule has 222 valence electrons. The zero-order valence-corrected chi connectivity index (χ0v) is 23.1. The van der Waals surface area contributed by atoms with Gasteiger partial charge in [0.25, 0.3) is 5.91 Å². The Morgan fingerprint density at radius 1 is 0.810 bits per heavy atom. The number of hydrogen-bond acceptors (Lipinski definition) is 6. The molecule has 3 N–H and O–H groups in total. The van der Waals surface area contributed by atoms with Gasteiger partial charge >= 0.3 is 12.3 Å². The number of aliphatic hydroxyl groups is 1. The molecule has 0 radical (unpaired) electrons. The van der Waals surface area contributed by atoms with Gasteiger partial charge in [-0.15, -0.1) is 13.2 Å². The molecule has 3 rings (SSSR count). The third-order valence-electron chi connectivity index (χ3n) is 6.47. The highest BCUT2D eigenvalue weighted by Crippen LogP contribution is 2.30. The number of hydrogen-bond donors (Lipinski definition) is 3. The summed E-state index contributed by atoms with van der Waals surface area (Å²) in [5, 5.41) is 20.3. The summed E-state index contributed by atoms with van der Waals surface area (Å²) in [6, 6.07) is 17.0. The lowest BCUT2D eigenvalue weighted by Crippen LogP contribution is -2.36. The molecule has 3 aromatic carbocycles. The van der Waals surface area contributed by atoms with Gasteiger partial charge in [-0.25, -0.2) is 4.79 Å². The zero-order chi connectivity index (χ0) is 31.2. The summed E-state index contributed by atoms with van der Waals surface area (Å²) < 4.78 is 41.8. The predicted molar refractivity (Wildman–Crippen MR) is 147 cm³/mol. The fourth-order valence-electron chi connectivity index (χ4n) is 4.09. The third-order valence-corrected chi connectivity index (χ3v) is 6.47. The molecule has 3 aromatic rings. The summed E-state index contributed by atoms with van der Waals surface area (Å²) in [7, 11) is 0. The molecule has 1 unspecified atom stereocenters. The van der Waals surface area contributed by atoms with Crippen molar-refractivity contribution < 1.29 is 47.3 Å². The average molecular weight is 586 g/mol. The smallest absolute Gasteiger partial charge is 0.479 e. The van der Waals surface area contributed by atoms with Crippen molar-refractivity contribution >= 4 is 23.4 Å². The van der Waals surface area contributed by atoms with E-state index in [0.717, 1.165) is 17.7 Å². The van der Waals surface area contributed by atoms with Gasteiger partial charge in [-0.2, -0.15) is 0 Å². The molecule has 0 spiro atoms. The molecule has 1 amide bonds. The topological polar surface area (TPSA) is 130 Å². The maximum absolute atomic E-state index is 13.6. The molecule has 0 aliphatic rings. The number of aliphatic hydroxyl groups excluding tert-OH is 1. The van der Waals surface area contributed by atoms with E-state index in [0.29, 0.717) is 11.1 Å². The van der Waals surface area contributed by atoms with Gasteiger partial charge in [0.1, 0.15) is 5.75 Å². The molecule has 0 aromatic heterocycles. The highest BCUT2D eigenvalue weighted by molar-refractivity contribution is 6.06. The second-order valence-electron chi connectivity index (χ2n) is 10.6. The number of carboxylic acid groups (broad SMARTS) is 1. The lowest BCUT2D eigenvalue weighted by molar-refractivity contribution is -0.274. The minimum Gasteiger partial charge on any atom is -0.479 e. The monoisotopic (exact) mass is 585 g/mol. The normalized spacial score (nSPS) is 13.1. The van der Waals surface area contributed by atoms with Crippen LogP contribution in [0.3, 0.4) is 0 Å². The van der Waals surface area contributed by atoms with Crippen molar-refractivity contribution in [3.8, 4) is 5.75 Å². The lowest BCUT2D eigenvalue weighted by atomic mass is 9.84. The number of rotatable bonds is 11. The van der Waals surface area contributed by atoms with Gasteiger partial charge in [0.05, 0.1) is 12.5 Å². The van der Waals surface area contributed by atoms with Crippen molar-refractivity contribution in [3.05, 3.63) is 101 Å². The summed E-state index contributed by atoms with van der Waals surface area (Å²) in [6.07, 6.45) is -6.96. The molecular weight excluding hydrogens is 555 g/mol. The summed E-state index contributed by atoms with van der Waals surface area (Å²) in [5.74, 6) is -4.58. The maximum atomic E-state index is 13.6. The highest BCUT2D eigenvalue weighted by Gasteiger charge is 2.32. The number of carbonyl (C=O) groups excluding carboxylic acids is 3. The largest absolute Gasteiger partial charge is 0.573 e. The van der Waals surface area contributed by atoms with Crippen LogP contribution in [0.2, 0.25) is 0 Å². The summed E-state index contributed by atoms with van der Waals surface area (Å²) >= 11 is 0. The molecule has 42 heavy (non-hydrogen) atoms. The van der Waals surface area contributed by atoms with Gasteiger partial charge in [0.2, 0.25) is 0 Å².